The van der Waals surface area contributed by atoms with Crippen molar-refractivity contribution in [2.75, 3.05) is 38.2 Å². The number of anilines is 1. The first-order chi connectivity index (χ1) is 14.2. The van der Waals surface area contributed by atoms with E-state index in [1.807, 2.05) is 6.92 Å². The molecule has 2 N–H and O–H groups in total. The summed E-state index contributed by atoms with van der Waals surface area (Å²) in [6, 6.07) is 11.6. The van der Waals surface area contributed by atoms with Crippen LogP contribution >= 0.6 is 0 Å². The van der Waals surface area contributed by atoms with Crippen LogP contribution in [-0.2, 0) is 11.3 Å². The van der Waals surface area contributed by atoms with Crippen molar-refractivity contribution in [1.29, 1.82) is 0 Å². The molecule has 2 amide bonds. The molecule has 150 valence electrons. The van der Waals surface area contributed by atoms with Gasteiger partial charge in [-0.3, -0.25) is 15.2 Å². The molecule has 0 aliphatic carbocycles. The number of benzene rings is 1. The minimum Gasteiger partial charge on any atom is -0.379 e. The van der Waals surface area contributed by atoms with Crippen LogP contribution in [-0.4, -0.2) is 58.7 Å². The van der Waals surface area contributed by atoms with Crippen molar-refractivity contribution in [3.63, 3.8) is 0 Å². The van der Waals surface area contributed by atoms with Crippen LogP contribution in [0.15, 0.2) is 42.6 Å². The minimum atomic E-state index is -0.292. The van der Waals surface area contributed by atoms with Gasteiger partial charge in [-0.2, -0.15) is 0 Å². The second-order valence-corrected chi connectivity index (χ2v) is 6.86. The molecule has 3 aromatic rings. The monoisotopic (exact) mass is 392 g/mol. The normalized spacial score (nSPS) is 14.7. The average molecular weight is 392 g/mol. The summed E-state index contributed by atoms with van der Waals surface area (Å²) in [4.78, 5) is 27.6. The molecule has 8 nitrogen and oxygen atoms in total. The third-order valence-corrected chi connectivity index (χ3v) is 4.75. The molecule has 0 unspecified atom stereocenters. The summed E-state index contributed by atoms with van der Waals surface area (Å²) in [5.41, 5.74) is 4.16. The smallest absolute Gasteiger partial charge is 0.320 e. The van der Waals surface area contributed by atoms with Crippen LogP contribution in [0, 0.1) is 0 Å². The van der Waals surface area contributed by atoms with E-state index < -0.39 is 0 Å². The Hall–Kier alpha value is -3.10. The molecule has 4 rings (SSSR count). The molecule has 0 spiro atoms. The molecular weight excluding hydrogens is 368 g/mol. The summed E-state index contributed by atoms with van der Waals surface area (Å²) < 4.78 is 5.40. The van der Waals surface area contributed by atoms with Crippen LogP contribution in [0.4, 0.5) is 10.6 Å². The van der Waals surface area contributed by atoms with E-state index in [-0.39, 0.29) is 6.03 Å². The van der Waals surface area contributed by atoms with Gasteiger partial charge in [-0.1, -0.05) is 24.3 Å². The van der Waals surface area contributed by atoms with Crippen LogP contribution in [0.25, 0.3) is 22.4 Å². The van der Waals surface area contributed by atoms with Crippen LogP contribution in [0.3, 0.4) is 0 Å². The van der Waals surface area contributed by atoms with Crippen molar-refractivity contribution < 1.29 is 9.53 Å². The number of hydrogen-bond donors (Lipinski definition) is 2. The van der Waals surface area contributed by atoms with Crippen molar-refractivity contribution in [1.82, 2.24) is 25.2 Å². The molecule has 1 saturated heterocycles. The average Bonchev–Trinajstić information content (AvgIpc) is 2.75. The van der Waals surface area contributed by atoms with Crippen molar-refractivity contribution in [3.8, 4) is 11.3 Å². The lowest BCUT2D eigenvalue weighted by atomic mass is 10.1. The number of ether oxygens (including phenoxy) is 1. The van der Waals surface area contributed by atoms with Crippen molar-refractivity contribution >= 4 is 23.0 Å². The van der Waals surface area contributed by atoms with Crippen molar-refractivity contribution in [2.45, 2.75) is 13.5 Å². The number of pyridine rings is 1. The van der Waals surface area contributed by atoms with Gasteiger partial charge in [-0.15, -0.1) is 0 Å². The molecule has 0 atom stereocenters. The van der Waals surface area contributed by atoms with Gasteiger partial charge in [0.2, 0.25) is 0 Å². The number of fused-ring (bicyclic) bond motifs is 1. The molecule has 8 heteroatoms. The Labute approximate surface area is 169 Å². The maximum absolute atomic E-state index is 11.7. The molecule has 2 aromatic heterocycles. The third-order valence-electron chi connectivity index (χ3n) is 4.75. The SMILES string of the molecule is CCNC(=O)Nc1ccc2ncc(-c3ccc(CN4CCOCC4)cc3)nc2n1. The third kappa shape index (κ3) is 4.85. The van der Waals surface area contributed by atoms with Crippen molar-refractivity contribution in [3.05, 3.63) is 48.2 Å². The van der Waals surface area contributed by atoms with Crippen LogP contribution in [0.1, 0.15) is 12.5 Å². The molecular formula is C21H24N6O2. The Bertz CT molecular complexity index is 986. The van der Waals surface area contributed by atoms with E-state index in [0.717, 1.165) is 44.1 Å². The van der Waals surface area contributed by atoms with Gasteiger partial charge in [0.15, 0.2) is 5.65 Å². The van der Waals surface area contributed by atoms with Gasteiger partial charge in [0.1, 0.15) is 11.3 Å². The van der Waals surface area contributed by atoms with Crippen LogP contribution < -0.4 is 10.6 Å². The number of rotatable bonds is 5. The van der Waals surface area contributed by atoms with E-state index in [0.29, 0.717) is 23.5 Å². The second-order valence-electron chi connectivity index (χ2n) is 6.86. The maximum Gasteiger partial charge on any atom is 0.320 e. The molecule has 0 bridgehead atoms. The summed E-state index contributed by atoms with van der Waals surface area (Å²) in [6.07, 6.45) is 1.75. The lowest BCUT2D eigenvalue weighted by Crippen LogP contribution is -2.35. The van der Waals surface area contributed by atoms with Gasteiger partial charge < -0.3 is 10.1 Å². The number of amides is 2. The predicted molar refractivity (Wildman–Crippen MR) is 112 cm³/mol. The van der Waals surface area contributed by atoms with E-state index in [4.69, 9.17) is 4.74 Å². The fourth-order valence-corrected chi connectivity index (χ4v) is 3.23. The maximum atomic E-state index is 11.7. The number of hydrogen-bond acceptors (Lipinski definition) is 6. The number of carbonyl (C=O) groups excluding carboxylic acids is 1. The number of nitrogens with one attached hydrogen (secondary N) is 2. The van der Waals surface area contributed by atoms with E-state index in [2.05, 4.69) is 54.8 Å². The summed E-state index contributed by atoms with van der Waals surface area (Å²) >= 11 is 0. The first-order valence-electron chi connectivity index (χ1n) is 9.79. The van der Waals surface area contributed by atoms with E-state index in [1.165, 1.54) is 5.56 Å². The highest BCUT2D eigenvalue weighted by atomic mass is 16.5. The summed E-state index contributed by atoms with van der Waals surface area (Å²) in [5, 5.41) is 5.38. The van der Waals surface area contributed by atoms with Gasteiger partial charge in [0, 0.05) is 31.7 Å². The standard InChI is InChI=1S/C21H24N6O2/c1-2-22-21(28)26-19-8-7-17-20(25-19)24-18(13-23-17)16-5-3-15(4-6-16)14-27-9-11-29-12-10-27/h3-8,13H,2,9-12,14H2,1H3,(H2,22,24,25,26,28). The lowest BCUT2D eigenvalue weighted by molar-refractivity contribution is 0.0342. The number of urea groups is 1. The molecule has 0 radical (unpaired) electrons. The van der Waals surface area contributed by atoms with Crippen molar-refractivity contribution in [2.24, 2.45) is 0 Å². The van der Waals surface area contributed by atoms with Gasteiger partial charge in [-0.25, -0.2) is 14.8 Å². The first-order valence-corrected chi connectivity index (χ1v) is 9.79. The summed E-state index contributed by atoms with van der Waals surface area (Å²) in [6.45, 7) is 6.86. The molecule has 1 aliphatic rings. The first kappa shape index (κ1) is 19.2. The molecule has 1 fully saturated rings. The zero-order chi connectivity index (χ0) is 20.1. The molecule has 1 aliphatic heterocycles. The molecule has 1 aromatic carbocycles. The summed E-state index contributed by atoms with van der Waals surface area (Å²) in [5.74, 6) is 0.441. The Morgan fingerprint density at radius 3 is 2.66 bits per heavy atom. The number of aromatic nitrogens is 3. The Morgan fingerprint density at radius 1 is 1.10 bits per heavy atom. The zero-order valence-corrected chi connectivity index (χ0v) is 16.4. The topological polar surface area (TPSA) is 92.3 Å². The van der Waals surface area contributed by atoms with Gasteiger partial charge in [0.05, 0.1) is 25.1 Å². The van der Waals surface area contributed by atoms with E-state index in [9.17, 15) is 4.79 Å². The van der Waals surface area contributed by atoms with Gasteiger partial charge in [0.25, 0.3) is 0 Å². The van der Waals surface area contributed by atoms with Crippen LogP contribution in [0.2, 0.25) is 0 Å². The Balaban J connectivity index is 1.51. The fourth-order valence-electron chi connectivity index (χ4n) is 3.23. The minimum absolute atomic E-state index is 0.292. The summed E-state index contributed by atoms with van der Waals surface area (Å²) in [7, 11) is 0. The number of carbonyl (C=O) groups is 1. The highest BCUT2D eigenvalue weighted by Gasteiger charge is 2.11. The van der Waals surface area contributed by atoms with Crippen LogP contribution in [0.5, 0.6) is 0 Å². The Kier molecular flexibility index (Phi) is 5.92. The van der Waals surface area contributed by atoms with Gasteiger partial charge >= 0.3 is 6.03 Å². The molecule has 29 heavy (non-hydrogen) atoms. The predicted octanol–water partition coefficient (Wildman–Crippen LogP) is 2.67. The number of nitrogens with zero attached hydrogens (tertiary/aromatic N) is 4. The van der Waals surface area contributed by atoms with E-state index >= 15 is 0 Å². The van der Waals surface area contributed by atoms with E-state index in [1.54, 1.807) is 18.3 Å². The lowest BCUT2D eigenvalue weighted by Gasteiger charge is -2.26. The fraction of sp³-hybridized carbons (Fsp3) is 0.333. The van der Waals surface area contributed by atoms with Gasteiger partial charge in [-0.05, 0) is 24.6 Å². The largest absolute Gasteiger partial charge is 0.379 e. The molecule has 3 heterocycles. The number of morpholine rings is 1. The highest BCUT2D eigenvalue weighted by molar-refractivity contribution is 5.89. The highest BCUT2D eigenvalue weighted by Crippen LogP contribution is 2.20. The zero-order valence-electron chi connectivity index (χ0n) is 16.4. The Morgan fingerprint density at radius 2 is 1.90 bits per heavy atom. The quantitative estimate of drug-likeness (QED) is 0.694. The molecule has 0 saturated carbocycles. The second kappa shape index (κ2) is 8.93.